The number of rotatable bonds is 7. The van der Waals surface area contributed by atoms with Crippen LogP contribution in [0.5, 0.6) is 0 Å². The van der Waals surface area contributed by atoms with E-state index in [0.29, 0.717) is 17.1 Å². The Balaban J connectivity index is 2.30. The van der Waals surface area contributed by atoms with E-state index in [1.165, 1.54) is 11.8 Å². The van der Waals surface area contributed by atoms with E-state index >= 15 is 0 Å². The zero-order valence-corrected chi connectivity index (χ0v) is 14.4. The van der Waals surface area contributed by atoms with Gasteiger partial charge < -0.3 is 10.2 Å². The molecule has 0 aliphatic rings. The molecule has 0 fully saturated rings. The van der Waals surface area contributed by atoms with Gasteiger partial charge in [0.15, 0.2) is 4.34 Å². The third-order valence-electron chi connectivity index (χ3n) is 2.76. The number of hydrogen-bond acceptors (Lipinski definition) is 8. The Morgan fingerprint density at radius 2 is 1.90 bits per heavy atom. The van der Waals surface area contributed by atoms with Gasteiger partial charge >= 0.3 is 0 Å². The molecule has 2 aromatic heterocycles. The molecule has 6 nitrogen and oxygen atoms in total. The van der Waals surface area contributed by atoms with E-state index in [4.69, 9.17) is 0 Å². The lowest BCUT2D eigenvalue weighted by Crippen LogP contribution is -2.25. The minimum atomic E-state index is 0.616. The van der Waals surface area contributed by atoms with Crippen molar-refractivity contribution in [2.45, 2.75) is 37.2 Å². The summed E-state index contributed by atoms with van der Waals surface area (Å²) in [5.41, 5.74) is 1.02. The van der Waals surface area contributed by atoms with Crippen molar-refractivity contribution in [2.75, 3.05) is 29.9 Å². The Kier molecular flexibility index (Phi) is 5.75. The first-order valence-electron chi connectivity index (χ1n) is 7.01. The normalized spacial score (nSPS) is 10.7. The van der Waals surface area contributed by atoms with Crippen LogP contribution in [0.2, 0.25) is 0 Å². The van der Waals surface area contributed by atoms with Crippen molar-refractivity contribution in [1.82, 2.24) is 19.9 Å². The summed E-state index contributed by atoms with van der Waals surface area (Å²) in [6.45, 7) is 10.7. The lowest BCUT2D eigenvalue weighted by Gasteiger charge is -2.19. The second-order valence-corrected chi connectivity index (χ2v) is 6.37. The van der Waals surface area contributed by atoms with Gasteiger partial charge in [-0.05, 0) is 39.5 Å². The second-order valence-electron chi connectivity index (χ2n) is 4.30. The summed E-state index contributed by atoms with van der Waals surface area (Å²) in [6.07, 6.45) is 0. The fourth-order valence-electron chi connectivity index (χ4n) is 1.73. The lowest BCUT2D eigenvalue weighted by atomic mass is 10.5. The van der Waals surface area contributed by atoms with Crippen LogP contribution in [0.4, 0.5) is 11.9 Å². The first kappa shape index (κ1) is 16.0. The third kappa shape index (κ3) is 4.28. The summed E-state index contributed by atoms with van der Waals surface area (Å²) in [5.74, 6) is 1.33. The molecule has 0 saturated carbocycles. The van der Waals surface area contributed by atoms with E-state index in [1.54, 1.807) is 11.3 Å². The van der Waals surface area contributed by atoms with Crippen LogP contribution in [0.3, 0.4) is 0 Å². The van der Waals surface area contributed by atoms with Crippen molar-refractivity contribution in [3.63, 3.8) is 0 Å². The highest BCUT2D eigenvalue weighted by Gasteiger charge is 2.13. The van der Waals surface area contributed by atoms with Crippen LogP contribution in [0.1, 0.15) is 26.5 Å². The van der Waals surface area contributed by atoms with Gasteiger partial charge in [-0.25, -0.2) is 4.98 Å². The Bertz CT molecular complexity index is 582. The van der Waals surface area contributed by atoms with Gasteiger partial charge in [-0.1, -0.05) is 0 Å². The molecule has 1 N–H and O–H groups in total. The van der Waals surface area contributed by atoms with Crippen molar-refractivity contribution in [3.8, 4) is 0 Å². The zero-order chi connectivity index (χ0) is 15.2. The minimum Gasteiger partial charge on any atom is -0.354 e. The topological polar surface area (TPSA) is 66.8 Å². The number of aromatic nitrogens is 4. The first-order valence-corrected chi connectivity index (χ1v) is 8.70. The fraction of sp³-hybridized carbons (Fsp3) is 0.538. The first-order chi connectivity index (χ1) is 10.2. The molecule has 0 atom stereocenters. The van der Waals surface area contributed by atoms with Crippen molar-refractivity contribution >= 4 is 35.0 Å². The number of aryl methyl sites for hydroxylation is 1. The molecule has 0 aliphatic heterocycles. The lowest BCUT2D eigenvalue weighted by molar-refractivity contribution is 0.782. The molecule has 0 unspecified atom stereocenters. The van der Waals surface area contributed by atoms with Crippen LogP contribution in [-0.2, 0) is 0 Å². The molecule has 0 saturated heterocycles. The van der Waals surface area contributed by atoms with Crippen LogP contribution in [0.15, 0.2) is 14.9 Å². The average Bonchev–Trinajstić information content (AvgIpc) is 2.86. The monoisotopic (exact) mass is 324 g/mol. The second kappa shape index (κ2) is 7.56. The molecule has 2 rings (SSSR count). The predicted molar refractivity (Wildman–Crippen MR) is 88.5 cm³/mol. The molecule has 0 amide bonds. The average molecular weight is 324 g/mol. The summed E-state index contributed by atoms with van der Waals surface area (Å²) in [4.78, 5) is 20.0. The summed E-state index contributed by atoms with van der Waals surface area (Å²) < 4.78 is 0.951. The van der Waals surface area contributed by atoms with Gasteiger partial charge in [-0.2, -0.15) is 15.0 Å². The number of nitrogens with one attached hydrogen (secondary N) is 1. The molecule has 0 aliphatic carbocycles. The largest absolute Gasteiger partial charge is 0.354 e. The van der Waals surface area contributed by atoms with E-state index in [9.17, 15) is 0 Å². The molecule has 0 radical (unpaired) electrons. The maximum absolute atomic E-state index is 4.56. The molecule has 0 bridgehead atoms. The molecule has 0 spiro atoms. The molecule has 114 valence electrons. The Hall–Kier alpha value is -1.41. The maximum Gasteiger partial charge on any atom is 0.231 e. The zero-order valence-electron chi connectivity index (χ0n) is 12.8. The number of hydrogen-bond donors (Lipinski definition) is 1. The van der Waals surface area contributed by atoms with Gasteiger partial charge in [0.05, 0.1) is 0 Å². The van der Waals surface area contributed by atoms with Crippen molar-refractivity contribution in [3.05, 3.63) is 11.1 Å². The molecule has 21 heavy (non-hydrogen) atoms. The molecule has 0 aromatic carbocycles. The maximum atomic E-state index is 4.56. The van der Waals surface area contributed by atoms with Crippen LogP contribution >= 0.6 is 23.1 Å². The highest BCUT2D eigenvalue weighted by molar-refractivity contribution is 8.00. The summed E-state index contributed by atoms with van der Waals surface area (Å²) in [6, 6.07) is 0. The summed E-state index contributed by atoms with van der Waals surface area (Å²) in [7, 11) is 0. The van der Waals surface area contributed by atoms with E-state index in [0.717, 1.165) is 29.7 Å². The van der Waals surface area contributed by atoms with E-state index in [2.05, 4.69) is 44.0 Å². The van der Waals surface area contributed by atoms with Gasteiger partial charge in [0.25, 0.3) is 0 Å². The van der Waals surface area contributed by atoms with Crippen molar-refractivity contribution in [1.29, 1.82) is 0 Å². The summed E-state index contributed by atoms with van der Waals surface area (Å²) >= 11 is 3.09. The van der Waals surface area contributed by atoms with Crippen LogP contribution < -0.4 is 10.2 Å². The van der Waals surface area contributed by atoms with Gasteiger partial charge in [0.2, 0.25) is 17.1 Å². The van der Waals surface area contributed by atoms with Gasteiger partial charge in [0, 0.05) is 30.7 Å². The van der Waals surface area contributed by atoms with Gasteiger partial charge in [-0.3, -0.25) is 0 Å². The molecular formula is C13H20N6S2. The van der Waals surface area contributed by atoms with Crippen molar-refractivity contribution < 1.29 is 0 Å². The Morgan fingerprint density at radius 1 is 1.14 bits per heavy atom. The van der Waals surface area contributed by atoms with E-state index < -0.39 is 0 Å². The highest BCUT2D eigenvalue weighted by atomic mass is 32.2. The van der Waals surface area contributed by atoms with Crippen LogP contribution in [-0.4, -0.2) is 39.6 Å². The Morgan fingerprint density at radius 3 is 2.48 bits per heavy atom. The number of anilines is 2. The quantitative estimate of drug-likeness (QED) is 0.839. The van der Waals surface area contributed by atoms with Gasteiger partial charge in [0.1, 0.15) is 0 Å². The molecule has 2 aromatic rings. The predicted octanol–water partition coefficient (Wildman–Crippen LogP) is 3.07. The smallest absolute Gasteiger partial charge is 0.231 e. The van der Waals surface area contributed by atoms with Crippen molar-refractivity contribution in [2.24, 2.45) is 0 Å². The number of thiazole rings is 1. The van der Waals surface area contributed by atoms with Crippen LogP contribution in [0, 0.1) is 6.92 Å². The molecule has 2 heterocycles. The Labute approximate surface area is 133 Å². The third-order valence-corrected chi connectivity index (χ3v) is 4.68. The minimum absolute atomic E-state index is 0.616. The van der Waals surface area contributed by atoms with Crippen LogP contribution in [0.25, 0.3) is 0 Å². The standard InChI is InChI=1S/C13H20N6S2/c1-5-14-10-16-11(19(6-2)7-3)18-12(17-10)21-13-15-9(4)8-20-13/h8H,5-7H2,1-4H3,(H,14,16,17,18). The fourth-order valence-corrected chi connectivity index (χ4v) is 3.42. The number of nitrogens with zero attached hydrogens (tertiary/aromatic N) is 5. The highest BCUT2D eigenvalue weighted by Crippen LogP contribution is 2.29. The summed E-state index contributed by atoms with van der Waals surface area (Å²) in [5, 5.41) is 5.87. The van der Waals surface area contributed by atoms with Gasteiger partial charge in [-0.15, -0.1) is 11.3 Å². The SMILES string of the molecule is CCNc1nc(Sc2nc(C)cs2)nc(N(CC)CC)n1. The molecular weight excluding hydrogens is 304 g/mol. The van der Waals surface area contributed by atoms with E-state index in [-0.39, 0.29) is 0 Å². The molecule has 8 heteroatoms. The van der Waals surface area contributed by atoms with E-state index in [1.807, 2.05) is 19.2 Å².